The molecule has 0 atom stereocenters. The lowest BCUT2D eigenvalue weighted by Gasteiger charge is -2.09. The molecule has 3 aromatic carbocycles. The van der Waals surface area contributed by atoms with E-state index in [4.69, 9.17) is 4.98 Å². The molecule has 0 amide bonds. The average Bonchev–Trinajstić information content (AvgIpc) is 3.58. The fourth-order valence-corrected chi connectivity index (χ4v) is 5.19. The minimum atomic E-state index is 0.817. The highest BCUT2D eigenvalue weighted by atomic mass is 32.1. The van der Waals surface area contributed by atoms with Crippen LogP contribution in [0.15, 0.2) is 121 Å². The molecule has 0 spiro atoms. The molecule has 178 valence electrons. The number of benzene rings is 3. The first kappa shape index (κ1) is 22.8. The summed E-state index contributed by atoms with van der Waals surface area (Å²) >= 11 is 1.68. The molecule has 6 aromatic rings. The smallest absolute Gasteiger partial charge is 0.139 e. The van der Waals surface area contributed by atoms with Gasteiger partial charge in [-0.05, 0) is 53.4 Å². The molecule has 3 aromatic heterocycles. The van der Waals surface area contributed by atoms with E-state index in [-0.39, 0.29) is 0 Å². The van der Waals surface area contributed by atoms with Gasteiger partial charge in [0.25, 0.3) is 0 Å². The van der Waals surface area contributed by atoms with E-state index < -0.39 is 0 Å². The maximum atomic E-state index is 5.09. The maximum absolute atomic E-state index is 5.09. The van der Waals surface area contributed by atoms with Gasteiger partial charge in [-0.2, -0.15) is 0 Å². The topological polar surface area (TPSA) is 29.3 Å². The molecule has 37 heavy (non-hydrogen) atoms. The van der Waals surface area contributed by atoms with E-state index in [1.165, 1.54) is 11.1 Å². The standard InChI is InChI=1S/C33H25N3S/c1-4-10-25(11-5-1)16-17-27-22-30(37-24-27)32-33(34-20-18-26-12-6-2-7-13-26)36-21-19-29(23-31(36)35-32)28-14-8-3-9-15-28/h1-15,19,21-24,34H,18,20H2. The molecule has 0 aliphatic heterocycles. The number of thiophene rings is 1. The van der Waals surface area contributed by atoms with Gasteiger partial charge in [-0.25, -0.2) is 4.98 Å². The van der Waals surface area contributed by atoms with Gasteiger partial charge < -0.3 is 5.32 Å². The number of nitrogens with one attached hydrogen (secondary N) is 1. The van der Waals surface area contributed by atoms with Gasteiger partial charge in [0.1, 0.15) is 17.2 Å². The molecular weight excluding hydrogens is 470 g/mol. The van der Waals surface area contributed by atoms with Crippen molar-refractivity contribution in [2.75, 3.05) is 11.9 Å². The van der Waals surface area contributed by atoms with Crippen LogP contribution in [0.5, 0.6) is 0 Å². The van der Waals surface area contributed by atoms with Gasteiger partial charge in [0, 0.05) is 29.2 Å². The van der Waals surface area contributed by atoms with Crippen LogP contribution in [0.1, 0.15) is 16.7 Å². The number of anilines is 1. The Labute approximate surface area is 221 Å². The van der Waals surface area contributed by atoms with Crippen molar-refractivity contribution in [1.82, 2.24) is 9.38 Å². The maximum Gasteiger partial charge on any atom is 0.139 e. The van der Waals surface area contributed by atoms with Crippen molar-refractivity contribution in [2.45, 2.75) is 6.42 Å². The van der Waals surface area contributed by atoms with Crippen LogP contribution in [0.25, 0.3) is 27.3 Å². The van der Waals surface area contributed by atoms with E-state index in [1.54, 1.807) is 11.3 Å². The first-order chi connectivity index (χ1) is 18.3. The summed E-state index contributed by atoms with van der Waals surface area (Å²) in [6.07, 6.45) is 3.05. The second-order valence-electron chi connectivity index (χ2n) is 8.80. The molecule has 1 N–H and O–H groups in total. The molecule has 0 radical (unpaired) electrons. The Morgan fingerprint density at radius 2 is 1.43 bits per heavy atom. The molecule has 0 saturated carbocycles. The number of nitrogens with zero attached hydrogens (tertiary/aromatic N) is 2. The van der Waals surface area contributed by atoms with E-state index in [1.807, 2.05) is 36.4 Å². The molecule has 0 bridgehead atoms. The highest BCUT2D eigenvalue weighted by Crippen LogP contribution is 2.34. The van der Waals surface area contributed by atoms with E-state index in [0.717, 1.165) is 51.7 Å². The van der Waals surface area contributed by atoms with Crippen molar-refractivity contribution in [3.8, 4) is 33.5 Å². The predicted octanol–water partition coefficient (Wildman–Crippen LogP) is 7.78. The Morgan fingerprint density at radius 3 is 2.22 bits per heavy atom. The van der Waals surface area contributed by atoms with Crippen LogP contribution >= 0.6 is 11.3 Å². The van der Waals surface area contributed by atoms with Crippen LogP contribution in [-0.4, -0.2) is 15.9 Å². The Balaban J connectivity index is 1.35. The van der Waals surface area contributed by atoms with Crippen LogP contribution in [0.2, 0.25) is 0 Å². The summed E-state index contributed by atoms with van der Waals surface area (Å²) in [5.41, 5.74) is 7.54. The molecule has 4 heteroatoms. The summed E-state index contributed by atoms with van der Waals surface area (Å²) in [6.45, 7) is 0.817. The molecule has 0 saturated heterocycles. The summed E-state index contributed by atoms with van der Waals surface area (Å²) in [5.74, 6) is 7.57. The summed E-state index contributed by atoms with van der Waals surface area (Å²) in [7, 11) is 0. The quantitative estimate of drug-likeness (QED) is 0.239. The summed E-state index contributed by atoms with van der Waals surface area (Å²) in [6, 6.07) is 37.5. The van der Waals surface area contributed by atoms with Gasteiger partial charge in [-0.15, -0.1) is 11.3 Å². The number of imidazole rings is 1. The van der Waals surface area contributed by atoms with Gasteiger partial charge >= 0.3 is 0 Å². The SMILES string of the molecule is C(#Cc1csc(-c2nc3cc(-c4ccccc4)ccn3c2NCCc2ccccc2)c1)c1ccccc1. The highest BCUT2D eigenvalue weighted by Gasteiger charge is 2.16. The lowest BCUT2D eigenvalue weighted by Crippen LogP contribution is -2.07. The number of hydrogen-bond donors (Lipinski definition) is 1. The van der Waals surface area contributed by atoms with Gasteiger partial charge in [0.15, 0.2) is 0 Å². The number of aromatic nitrogens is 2. The van der Waals surface area contributed by atoms with Crippen LogP contribution in [-0.2, 0) is 6.42 Å². The van der Waals surface area contributed by atoms with Crippen molar-refractivity contribution in [3.05, 3.63) is 137 Å². The molecule has 3 nitrogen and oxygen atoms in total. The number of pyridine rings is 1. The molecule has 0 aliphatic rings. The van der Waals surface area contributed by atoms with E-state index >= 15 is 0 Å². The van der Waals surface area contributed by atoms with Crippen LogP contribution in [0, 0.1) is 11.8 Å². The lowest BCUT2D eigenvalue weighted by molar-refractivity contribution is 0.999. The Bertz CT molecular complexity index is 1690. The van der Waals surface area contributed by atoms with Crippen molar-refractivity contribution < 1.29 is 0 Å². The van der Waals surface area contributed by atoms with E-state index in [2.05, 4.69) is 106 Å². The highest BCUT2D eigenvalue weighted by molar-refractivity contribution is 7.13. The van der Waals surface area contributed by atoms with Gasteiger partial charge in [0.2, 0.25) is 0 Å². The number of fused-ring (bicyclic) bond motifs is 1. The number of rotatable bonds is 6. The van der Waals surface area contributed by atoms with Crippen molar-refractivity contribution >= 4 is 22.8 Å². The normalized spacial score (nSPS) is 10.7. The first-order valence-corrected chi connectivity index (χ1v) is 13.2. The molecule has 0 unspecified atom stereocenters. The minimum absolute atomic E-state index is 0.817. The molecule has 6 rings (SSSR count). The third kappa shape index (κ3) is 5.18. The lowest BCUT2D eigenvalue weighted by atomic mass is 10.1. The van der Waals surface area contributed by atoms with Crippen LogP contribution in [0.3, 0.4) is 0 Å². The fraction of sp³-hybridized carbons (Fsp3) is 0.0606. The predicted molar refractivity (Wildman–Crippen MR) is 155 cm³/mol. The Kier molecular flexibility index (Phi) is 6.53. The molecule has 3 heterocycles. The molecular formula is C33H25N3S. The summed E-state index contributed by atoms with van der Waals surface area (Å²) < 4.78 is 2.15. The third-order valence-electron chi connectivity index (χ3n) is 6.24. The van der Waals surface area contributed by atoms with Crippen LogP contribution < -0.4 is 5.32 Å². The minimum Gasteiger partial charge on any atom is -0.369 e. The van der Waals surface area contributed by atoms with Crippen molar-refractivity contribution in [1.29, 1.82) is 0 Å². The van der Waals surface area contributed by atoms with E-state index in [0.29, 0.717) is 0 Å². The van der Waals surface area contributed by atoms with Crippen LogP contribution in [0.4, 0.5) is 5.82 Å². The number of hydrogen-bond acceptors (Lipinski definition) is 3. The van der Waals surface area contributed by atoms with Gasteiger partial charge in [-0.1, -0.05) is 90.7 Å². The zero-order valence-electron chi connectivity index (χ0n) is 20.3. The molecule has 0 fully saturated rings. The molecule has 0 aliphatic carbocycles. The monoisotopic (exact) mass is 495 g/mol. The van der Waals surface area contributed by atoms with Gasteiger partial charge in [0.05, 0.1) is 4.88 Å². The van der Waals surface area contributed by atoms with E-state index in [9.17, 15) is 0 Å². The zero-order chi connectivity index (χ0) is 24.9. The zero-order valence-corrected chi connectivity index (χ0v) is 21.1. The van der Waals surface area contributed by atoms with Gasteiger partial charge in [-0.3, -0.25) is 4.40 Å². The Morgan fingerprint density at radius 1 is 0.730 bits per heavy atom. The summed E-state index contributed by atoms with van der Waals surface area (Å²) in [5, 5.41) is 5.79. The fourth-order valence-electron chi connectivity index (χ4n) is 4.36. The third-order valence-corrected chi connectivity index (χ3v) is 7.18. The van der Waals surface area contributed by atoms with Crippen molar-refractivity contribution in [3.63, 3.8) is 0 Å². The second kappa shape index (κ2) is 10.6. The summed E-state index contributed by atoms with van der Waals surface area (Å²) in [4.78, 5) is 6.19. The Hall–Kier alpha value is -4.59. The largest absolute Gasteiger partial charge is 0.369 e. The first-order valence-electron chi connectivity index (χ1n) is 12.3. The van der Waals surface area contributed by atoms with Crippen molar-refractivity contribution in [2.24, 2.45) is 0 Å². The average molecular weight is 496 g/mol. The second-order valence-corrected chi connectivity index (χ2v) is 9.71.